The molecule has 0 aliphatic carbocycles. The first-order valence-corrected chi connectivity index (χ1v) is 12.5. The Morgan fingerprint density at radius 2 is 1.81 bits per heavy atom. The fourth-order valence-electron chi connectivity index (χ4n) is 3.05. The lowest BCUT2D eigenvalue weighted by molar-refractivity contribution is 0.0338. The minimum absolute atomic E-state index is 0.00485. The second kappa shape index (κ2) is 11.9. The second-order valence-electron chi connectivity index (χ2n) is 7.99. The molecule has 2 aromatic carbocycles. The number of amides is 1. The van der Waals surface area contributed by atoms with Crippen LogP contribution in [0.4, 0.5) is 4.79 Å². The van der Waals surface area contributed by atoms with Gasteiger partial charge in [0.25, 0.3) is 0 Å². The number of hydrogen-bond acceptors (Lipinski definition) is 9. The number of aliphatic hydroxyl groups is 1. The topological polar surface area (TPSA) is 186 Å². The quantitative estimate of drug-likeness (QED) is 0.164. The second-order valence-corrected chi connectivity index (χ2v) is 10.0. The molecule has 0 saturated heterocycles. The summed E-state index contributed by atoms with van der Waals surface area (Å²) in [5, 5.41) is 21.4. The lowest BCUT2D eigenvalue weighted by Crippen LogP contribution is -2.31. The van der Waals surface area contributed by atoms with E-state index in [9.17, 15) is 19.3 Å². The van der Waals surface area contributed by atoms with Gasteiger partial charge in [0.15, 0.2) is 17.9 Å². The molecule has 192 valence electrons. The van der Waals surface area contributed by atoms with Crippen molar-refractivity contribution >= 4 is 19.7 Å². The zero-order valence-electron chi connectivity index (χ0n) is 19.4. The van der Waals surface area contributed by atoms with E-state index < -0.39 is 25.0 Å². The maximum atomic E-state index is 12.7. The highest BCUT2D eigenvalue weighted by Crippen LogP contribution is 2.50. The van der Waals surface area contributed by atoms with E-state index in [1.165, 1.54) is 16.8 Å². The van der Waals surface area contributed by atoms with Crippen LogP contribution in [0.5, 0.6) is 5.75 Å². The third kappa shape index (κ3) is 7.43. The predicted octanol–water partition coefficient (Wildman–Crippen LogP) is 1.83. The lowest BCUT2D eigenvalue weighted by atomic mass is 10.1. The highest BCUT2D eigenvalue weighted by atomic mass is 31.2. The molecule has 0 saturated carbocycles. The molecule has 0 fully saturated rings. The number of tetrazole rings is 1. The van der Waals surface area contributed by atoms with Gasteiger partial charge in [-0.3, -0.25) is 4.57 Å². The van der Waals surface area contributed by atoms with Gasteiger partial charge < -0.3 is 29.7 Å². The van der Waals surface area contributed by atoms with Crippen LogP contribution in [-0.4, -0.2) is 59.1 Å². The third-order valence-corrected chi connectivity index (χ3v) is 6.64. The number of aromatic nitrogens is 4. The Kier molecular flexibility index (Phi) is 8.88. The Morgan fingerprint density at radius 3 is 2.53 bits per heavy atom. The number of ether oxygens (including phenoxy) is 2. The van der Waals surface area contributed by atoms with Gasteiger partial charge in [0, 0.05) is 13.0 Å². The van der Waals surface area contributed by atoms with Crippen LogP contribution in [0.25, 0.3) is 0 Å². The van der Waals surface area contributed by atoms with Crippen LogP contribution in [0.15, 0.2) is 54.6 Å². The van der Waals surface area contributed by atoms with Crippen molar-refractivity contribution in [3.63, 3.8) is 0 Å². The first-order chi connectivity index (χ1) is 17.1. The normalized spacial score (nSPS) is 13.0. The standard InChI is InChI=1S/C22H26N5O8P/c1-22(30,36(31,32)33)12-7-13-23-21(29)35-18-11-6-5-10-17(18)20(28)34-15-27-19(24-25-26-27)14-16-8-3-2-4-9-16/h2-6,8-11,30H,7,12-15H2,1H3,(H,23,29)(H2,31,32,33). The largest absolute Gasteiger partial charge is 0.439 e. The SMILES string of the molecule is CC(O)(CCCNC(=O)Oc1ccccc1C(=O)OCn1nnnc1Cc1ccccc1)P(=O)(O)O. The zero-order chi connectivity index (χ0) is 26.2. The Labute approximate surface area is 206 Å². The summed E-state index contributed by atoms with van der Waals surface area (Å²) in [6, 6.07) is 15.5. The Bertz CT molecular complexity index is 1230. The Morgan fingerprint density at radius 1 is 1.11 bits per heavy atom. The van der Waals surface area contributed by atoms with E-state index in [1.54, 1.807) is 12.1 Å². The lowest BCUT2D eigenvalue weighted by Gasteiger charge is -2.24. The van der Waals surface area contributed by atoms with Gasteiger partial charge in [-0.05, 0) is 47.9 Å². The van der Waals surface area contributed by atoms with Gasteiger partial charge in [-0.1, -0.05) is 42.5 Å². The summed E-state index contributed by atoms with van der Waals surface area (Å²) >= 11 is 0. The highest BCUT2D eigenvalue weighted by molar-refractivity contribution is 7.53. The summed E-state index contributed by atoms with van der Waals surface area (Å²) in [5.41, 5.74) is 0.977. The van der Waals surface area contributed by atoms with E-state index in [4.69, 9.17) is 19.3 Å². The molecular weight excluding hydrogens is 493 g/mol. The molecule has 1 aromatic heterocycles. The van der Waals surface area contributed by atoms with Crippen LogP contribution in [0.2, 0.25) is 0 Å². The van der Waals surface area contributed by atoms with Crippen molar-refractivity contribution in [1.82, 2.24) is 25.5 Å². The number of nitrogens with one attached hydrogen (secondary N) is 1. The molecule has 3 rings (SSSR count). The monoisotopic (exact) mass is 519 g/mol. The number of benzene rings is 2. The number of nitrogens with zero attached hydrogens (tertiary/aromatic N) is 4. The van der Waals surface area contributed by atoms with E-state index in [0.29, 0.717) is 12.2 Å². The molecule has 0 spiro atoms. The summed E-state index contributed by atoms with van der Waals surface area (Å²) in [4.78, 5) is 43.0. The predicted molar refractivity (Wildman–Crippen MR) is 125 cm³/mol. The minimum Gasteiger partial charge on any atom is -0.439 e. The number of para-hydroxylation sites is 1. The molecular formula is C22H26N5O8P. The molecule has 14 heteroatoms. The van der Waals surface area contributed by atoms with E-state index in [-0.39, 0.29) is 37.4 Å². The van der Waals surface area contributed by atoms with Crippen molar-refractivity contribution in [2.45, 2.75) is 38.3 Å². The van der Waals surface area contributed by atoms with Crippen LogP contribution in [0.3, 0.4) is 0 Å². The zero-order valence-corrected chi connectivity index (χ0v) is 20.2. The van der Waals surface area contributed by atoms with Gasteiger partial charge in [-0.15, -0.1) is 5.10 Å². The van der Waals surface area contributed by atoms with Crippen LogP contribution in [-0.2, 0) is 22.5 Å². The van der Waals surface area contributed by atoms with Gasteiger partial charge in [0.1, 0.15) is 11.3 Å². The molecule has 1 unspecified atom stereocenters. The summed E-state index contributed by atoms with van der Waals surface area (Å²) in [5.74, 6) is -0.323. The smallest absolute Gasteiger partial charge is 0.412 e. The molecule has 36 heavy (non-hydrogen) atoms. The molecule has 13 nitrogen and oxygen atoms in total. The molecule has 1 amide bonds. The average molecular weight is 519 g/mol. The van der Waals surface area contributed by atoms with E-state index in [2.05, 4.69) is 20.8 Å². The Balaban J connectivity index is 1.53. The van der Waals surface area contributed by atoms with Crippen molar-refractivity contribution in [1.29, 1.82) is 0 Å². The van der Waals surface area contributed by atoms with E-state index in [0.717, 1.165) is 12.5 Å². The van der Waals surface area contributed by atoms with Crippen molar-refractivity contribution in [2.24, 2.45) is 0 Å². The molecule has 0 bridgehead atoms. The molecule has 1 heterocycles. The first-order valence-electron chi connectivity index (χ1n) is 10.9. The van der Waals surface area contributed by atoms with Crippen LogP contribution in [0, 0.1) is 0 Å². The van der Waals surface area contributed by atoms with Gasteiger partial charge in [0.05, 0.1) is 0 Å². The number of esters is 1. The summed E-state index contributed by atoms with van der Waals surface area (Å²) in [7, 11) is -4.70. The third-order valence-electron chi connectivity index (χ3n) is 5.16. The molecule has 0 aliphatic heterocycles. The summed E-state index contributed by atoms with van der Waals surface area (Å²) in [6.07, 6.45) is -0.621. The molecule has 1 atom stereocenters. The average Bonchev–Trinajstić information content (AvgIpc) is 3.27. The van der Waals surface area contributed by atoms with Gasteiger partial charge >= 0.3 is 19.7 Å². The minimum atomic E-state index is -4.70. The molecule has 0 radical (unpaired) electrons. The van der Waals surface area contributed by atoms with Crippen LogP contribution < -0.4 is 10.1 Å². The maximum absolute atomic E-state index is 12.7. The van der Waals surface area contributed by atoms with Crippen molar-refractivity contribution in [3.8, 4) is 5.75 Å². The number of hydrogen-bond donors (Lipinski definition) is 4. The fourth-order valence-corrected chi connectivity index (χ4v) is 3.50. The summed E-state index contributed by atoms with van der Waals surface area (Å²) < 4.78 is 23.1. The summed E-state index contributed by atoms with van der Waals surface area (Å²) in [6.45, 7) is 0.743. The van der Waals surface area contributed by atoms with Crippen LogP contribution in [0.1, 0.15) is 41.5 Å². The van der Waals surface area contributed by atoms with Gasteiger partial charge in [-0.25, -0.2) is 9.59 Å². The fraction of sp³-hybridized carbons (Fsp3) is 0.318. The molecule has 3 aromatic rings. The molecule has 0 aliphatic rings. The van der Waals surface area contributed by atoms with E-state index >= 15 is 0 Å². The highest BCUT2D eigenvalue weighted by Gasteiger charge is 2.39. The van der Waals surface area contributed by atoms with Crippen molar-refractivity contribution < 1.29 is 38.5 Å². The number of carbonyl (C=O) groups excluding carboxylic acids is 2. The van der Waals surface area contributed by atoms with Gasteiger partial charge in [0.2, 0.25) is 0 Å². The number of rotatable bonds is 11. The molecule has 4 N–H and O–H groups in total. The van der Waals surface area contributed by atoms with E-state index in [1.807, 2.05) is 30.3 Å². The van der Waals surface area contributed by atoms with Crippen LogP contribution >= 0.6 is 7.60 Å². The van der Waals surface area contributed by atoms with Gasteiger partial charge in [-0.2, -0.15) is 4.68 Å². The Hall–Kier alpha value is -3.64. The number of carbonyl (C=O) groups is 2. The first kappa shape index (κ1) is 27.0. The maximum Gasteiger partial charge on any atom is 0.412 e. The van der Waals surface area contributed by atoms with Crippen molar-refractivity contribution in [2.75, 3.05) is 6.54 Å². The van der Waals surface area contributed by atoms with Crippen molar-refractivity contribution in [3.05, 3.63) is 71.5 Å².